The highest BCUT2D eigenvalue weighted by molar-refractivity contribution is 7.80. The number of nitrogens with one attached hydrogen (secondary N) is 2. The Morgan fingerprint density at radius 3 is 2.76 bits per heavy atom. The number of rotatable bonds is 4. The molecule has 0 saturated carbocycles. The third kappa shape index (κ3) is 3.28. The molecule has 0 bridgehead atoms. The van der Waals surface area contributed by atoms with Crippen LogP contribution < -0.4 is 16.4 Å². The molecule has 1 amide bonds. The summed E-state index contributed by atoms with van der Waals surface area (Å²) in [5, 5.41) is 7.05. The Bertz CT molecular complexity index is 466. The molecule has 1 aromatic rings. The van der Waals surface area contributed by atoms with Crippen molar-refractivity contribution in [2.45, 2.75) is 13.8 Å². The maximum atomic E-state index is 11.4. The molecule has 1 aromatic heterocycles. The fourth-order valence-corrected chi connectivity index (χ4v) is 2.64. The standard InChI is InChI=1S/C11H15N3OS2/c1-4-5-13-11(16)14-10-8(9(12)15)6(2)7(3)17-10/h4H,1,5H2,2-3H3,(H2,12,15)(H2,13,14,16). The van der Waals surface area contributed by atoms with E-state index in [4.69, 9.17) is 18.0 Å². The monoisotopic (exact) mass is 269 g/mol. The van der Waals surface area contributed by atoms with Gasteiger partial charge >= 0.3 is 0 Å². The summed E-state index contributed by atoms with van der Waals surface area (Å²) in [6, 6.07) is 0. The van der Waals surface area contributed by atoms with Crippen molar-refractivity contribution in [3.8, 4) is 0 Å². The normalized spacial score (nSPS) is 9.76. The van der Waals surface area contributed by atoms with E-state index in [1.54, 1.807) is 6.08 Å². The number of carbonyl (C=O) groups is 1. The van der Waals surface area contributed by atoms with Gasteiger partial charge < -0.3 is 16.4 Å². The van der Waals surface area contributed by atoms with Gasteiger partial charge in [0.15, 0.2) is 5.11 Å². The van der Waals surface area contributed by atoms with E-state index >= 15 is 0 Å². The molecule has 92 valence electrons. The smallest absolute Gasteiger partial charge is 0.251 e. The quantitative estimate of drug-likeness (QED) is 0.577. The van der Waals surface area contributed by atoms with Crippen LogP contribution in [0.25, 0.3) is 0 Å². The molecular formula is C11H15N3OS2. The Labute approximate surface area is 110 Å². The first-order valence-electron chi connectivity index (χ1n) is 5.03. The molecule has 0 unspecified atom stereocenters. The van der Waals surface area contributed by atoms with Crippen molar-refractivity contribution in [1.82, 2.24) is 5.32 Å². The number of primary amides is 1. The fourth-order valence-electron chi connectivity index (χ4n) is 1.32. The van der Waals surface area contributed by atoms with Crippen LogP contribution in [0.3, 0.4) is 0 Å². The summed E-state index contributed by atoms with van der Waals surface area (Å²) in [5.41, 5.74) is 6.76. The second kappa shape index (κ2) is 5.79. The highest BCUT2D eigenvalue weighted by Crippen LogP contribution is 2.31. The van der Waals surface area contributed by atoms with Gasteiger partial charge in [0.1, 0.15) is 5.00 Å². The zero-order valence-electron chi connectivity index (χ0n) is 9.79. The lowest BCUT2D eigenvalue weighted by Crippen LogP contribution is -2.29. The minimum Gasteiger partial charge on any atom is -0.365 e. The molecule has 0 aliphatic carbocycles. The Kier molecular flexibility index (Phi) is 4.65. The van der Waals surface area contributed by atoms with Gasteiger partial charge in [-0.25, -0.2) is 0 Å². The van der Waals surface area contributed by atoms with Crippen LogP contribution in [0.15, 0.2) is 12.7 Å². The van der Waals surface area contributed by atoms with E-state index in [0.717, 1.165) is 10.4 Å². The third-order valence-corrected chi connectivity index (χ3v) is 3.63. The lowest BCUT2D eigenvalue weighted by atomic mass is 10.1. The largest absolute Gasteiger partial charge is 0.365 e. The number of hydrogen-bond acceptors (Lipinski definition) is 3. The van der Waals surface area contributed by atoms with Crippen LogP contribution in [0.5, 0.6) is 0 Å². The average Bonchev–Trinajstić information content (AvgIpc) is 2.51. The Balaban J connectivity index is 2.91. The SMILES string of the molecule is C=CCNC(=S)Nc1sc(C)c(C)c1C(N)=O. The average molecular weight is 269 g/mol. The van der Waals surface area contributed by atoms with E-state index in [-0.39, 0.29) is 0 Å². The lowest BCUT2D eigenvalue weighted by molar-refractivity contribution is 0.100. The number of hydrogen-bond donors (Lipinski definition) is 3. The molecule has 0 spiro atoms. The number of anilines is 1. The zero-order valence-corrected chi connectivity index (χ0v) is 11.4. The van der Waals surface area contributed by atoms with Crippen LogP contribution in [0, 0.1) is 13.8 Å². The van der Waals surface area contributed by atoms with Gasteiger partial charge in [-0.2, -0.15) is 0 Å². The van der Waals surface area contributed by atoms with E-state index in [9.17, 15) is 4.79 Å². The number of thiophene rings is 1. The Morgan fingerprint density at radius 1 is 1.59 bits per heavy atom. The minimum absolute atomic E-state index is 0.444. The first-order chi connectivity index (χ1) is 7.97. The van der Waals surface area contributed by atoms with Crippen LogP contribution >= 0.6 is 23.6 Å². The van der Waals surface area contributed by atoms with Gasteiger partial charge in [0.2, 0.25) is 0 Å². The van der Waals surface area contributed by atoms with Crippen LogP contribution in [-0.4, -0.2) is 17.6 Å². The molecule has 4 N–H and O–H groups in total. The molecular weight excluding hydrogens is 254 g/mol. The molecule has 0 aliphatic heterocycles. The van der Waals surface area contributed by atoms with Crippen LogP contribution in [0.4, 0.5) is 5.00 Å². The first kappa shape index (κ1) is 13.7. The number of aryl methyl sites for hydroxylation is 1. The highest BCUT2D eigenvalue weighted by Gasteiger charge is 2.17. The van der Waals surface area contributed by atoms with Gasteiger partial charge in [0.25, 0.3) is 5.91 Å². The summed E-state index contributed by atoms with van der Waals surface area (Å²) >= 11 is 6.55. The van der Waals surface area contributed by atoms with Gasteiger partial charge in [-0.05, 0) is 31.6 Å². The molecule has 0 aliphatic rings. The van der Waals surface area contributed by atoms with E-state index in [1.807, 2.05) is 13.8 Å². The van der Waals surface area contributed by atoms with Gasteiger partial charge in [-0.1, -0.05) is 6.08 Å². The molecule has 0 atom stereocenters. The number of carbonyl (C=O) groups excluding carboxylic acids is 1. The van der Waals surface area contributed by atoms with Gasteiger partial charge in [-0.3, -0.25) is 4.79 Å². The summed E-state index contributed by atoms with van der Waals surface area (Å²) in [6.07, 6.45) is 1.70. The molecule has 17 heavy (non-hydrogen) atoms. The number of amides is 1. The predicted octanol–water partition coefficient (Wildman–Crippen LogP) is 1.94. The molecule has 1 heterocycles. The Morgan fingerprint density at radius 2 is 2.24 bits per heavy atom. The summed E-state index contributed by atoms with van der Waals surface area (Å²) < 4.78 is 0. The van der Waals surface area contributed by atoms with Crippen LogP contribution in [-0.2, 0) is 0 Å². The second-order valence-electron chi connectivity index (χ2n) is 3.48. The van der Waals surface area contributed by atoms with Crippen molar-refractivity contribution in [2.24, 2.45) is 5.73 Å². The van der Waals surface area contributed by atoms with Crippen molar-refractivity contribution in [3.05, 3.63) is 28.7 Å². The van der Waals surface area contributed by atoms with E-state index in [0.29, 0.717) is 22.2 Å². The lowest BCUT2D eigenvalue weighted by Gasteiger charge is -2.08. The van der Waals surface area contributed by atoms with Gasteiger partial charge in [0, 0.05) is 11.4 Å². The van der Waals surface area contributed by atoms with E-state index < -0.39 is 5.91 Å². The molecule has 1 rings (SSSR count). The molecule has 0 radical (unpaired) electrons. The summed E-state index contributed by atoms with van der Waals surface area (Å²) in [7, 11) is 0. The maximum Gasteiger partial charge on any atom is 0.251 e. The third-order valence-electron chi connectivity index (χ3n) is 2.27. The molecule has 6 heteroatoms. The van der Waals surface area contributed by atoms with Crippen molar-refractivity contribution >= 4 is 39.6 Å². The van der Waals surface area contributed by atoms with Crippen LogP contribution in [0.1, 0.15) is 20.8 Å². The number of thiocarbonyl (C=S) groups is 1. The molecule has 4 nitrogen and oxygen atoms in total. The summed E-state index contributed by atoms with van der Waals surface area (Å²) in [4.78, 5) is 12.4. The van der Waals surface area contributed by atoms with Gasteiger partial charge in [-0.15, -0.1) is 17.9 Å². The Hall–Kier alpha value is -1.40. The fraction of sp³-hybridized carbons (Fsp3) is 0.273. The van der Waals surface area contributed by atoms with Crippen molar-refractivity contribution in [1.29, 1.82) is 0 Å². The molecule has 0 fully saturated rings. The first-order valence-corrected chi connectivity index (χ1v) is 6.25. The van der Waals surface area contributed by atoms with E-state index in [2.05, 4.69) is 17.2 Å². The van der Waals surface area contributed by atoms with Gasteiger partial charge in [0.05, 0.1) is 5.56 Å². The van der Waals surface area contributed by atoms with Crippen molar-refractivity contribution in [2.75, 3.05) is 11.9 Å². The molecule has 0 saturated heterocycles. The zero-order chi connectivity index (χ0) is 13.0. The summed E-state index contributed by atoms with van der Waals surface area (Å²) in [6.45, 7) is 7.97. The number of nitrogens with two attached hydrogens (primary N) is 1. The van der Waals surface area contributed by atoms with Crippen molar-refractivity contribution < 1.29 is 4.79 Å². The summed E-state index contributed by atoms with van der Waals surface area (Å²) in [5.74, 6) is -0.444. The highest BCUT2D eigenvalue weighted by atomic mass is 32.1. The molecule has 0 aromatic carbocycles. The van der Waals surface area contributed by atoms with E-state index in [1.165, 1.54) is 11.3 Å². The second-order valence-corrected chi connectivity index (χ2v) is 5.11. The topological polar surface area (TPSA) is 67.2 Å². The predicted molar refractivity (Wildman–Crippen MR) is 76.7 cm³/mol. The minimum atomic E-state index is -0.444. The van der Waals surface area contributed by atoms with Crippen LogP contribution in [0.2, 0.25) is 0 Å². The van der Waals surface area contributed by atoms with Crippen molar-refractivity contribution in [3.63, 3.8) is 0 Å². The maximum absolute atomic E-state index is 11.4.